The first-order valence-corrected chi connectivity index (χ1v) is 28.8. The van der Waals surface area contributed by atoms with Gasteiger partial charge < -0.3 is 14.2 Å². The molecular weight excluding hydrogens is 793 g/mol. The molecule has 0 fully saturated rings. The van der Waals surface area contributed by atoms with Crippen LogP contribution in [0.5, 0.6) is 0 Å². The number of esters is 3. The van der Waals surface area contributed by atoms with Crippen LogP contribution >= 0.6 is 0 Å². The summed E-state index contributed by atoms with van der Waals surface area (Å²) in [5, 5.41) is 0. The molecule has 0 aromatic heterocycles. The van der Waals surface area contributed by atoms with E-state index in [0.29, 0.717) is 19.3 Å². The molecule has 0 saturated carbocycles. The number of rotatable bonds is 52. The van der Waals surface area contributed by atoms with Crippen molar-refractivity contribution in [2.24, 2.45) is 11.8 Å². The Kier molecular flexibility index (Phi) is 49.6. The summed E-state index contributed by atoms with van der Waals surface area (Å²) in [7, 11) is 0. The molecule has 0 bridgehead atoms. The highest BCUT2D eigenvalue weighted by Crippen LogP contribution is 2.18. The van der Waals surface area contributed by atoms with Crippen LogP contribution in [0, 0.1) is 11.8 Å². The Bertz CT molecular complexity index is 980. The third-order valence-electron chi connectivity index (χ3n) is 13.6. The van der Waals surface area contributed by atoms with Crippen LogP contribution in [0.15, 0.2) is 0 Å². The van der Waals surface area contributed by atoms with E-state index in [1.54, 1.807) is 0 Å². The van der Waals surface area contributed by atoms with Crippen molar-refractivity contribution in [3.05, 3.63) is 0 Å². The summed E-state index contributed by atoms with van der Waals surface area (Å²) in [6.07, 6.45) is 53.7. The summed E-state index contributed by atoms with van der Waals surface area (Å²) in [6, 6.07) is 0. The number of carbonyl (C=O) groups is 3. The smallest absolute Gasteiger partial charge is 0.306 e. The summed E-state index contributed by atoms with van der Waals surface area (Å²) < 4.78 is 16.9. The maximum atomic E-state index is 12.8. The Morgan fingerprint density at radius 2 is 0.594 bits per heavy atom. The van der Waals surface area contributed by atoms with Crippen molar-refractivity contribution in [2.45, 2.75) is 330 Å². The highest BCUT2D eigenvalue weighted by Gasteiger charge is 2.19. The zero-order chi connectivity index (χ0) is 46.8. The Labute approximate surface area is 399 Å². The second-order valence-electron chi connectivity index (χ2n) is 20.6. The molecule has 0 saturated heterocycles. The van der Waals surface area contributed by atoms with Crippen molar-refractivity contribution >= 4 is 17.9 Å². The first-order chi connectivity index (χ1) is 31.3. The monoisotopic (exact) mass is 905 g/mol. The van der Waals surface area contributed by atoms with Crippen LogP contribution in [0.25, 0.3) is 0 Å². The minimum absolute atomic E-state index is 0.0632. The van der Waals surface area contributed by atoms with Crippen LogP contribution in [-0.2, 0) is 28.6 Å². The van der Waals surface area contributed by atoms with Crippen molar-refractivity contribution in [3.8, 4) is 0 Å². The molecular formula is C58H112O6. The van der Waals surface area contributed by atoms with Crippen molar-refractivity contribution in [1.29, 1.82) is 0 Å². The van der Waals surface area contributed by atoms with E-state index in [0.717, 1.165) is 69.6 Å². The average molecular weight is 906 g/mol. The topological polar surface area (TPSA) is 78.9 Å². The van der Waals surface area contributed by atoms with Crippen LogP contribution < -0.4 is 0 Å². The van der Waals surface area contributed by atoms with Gasteiger partial charge in [0.15, 0.2) is 6.10 Å². The lowest BCUT2D eigenvalue weighted by molar-refractivity contribution is -0.167. The molecule has 0 amide bonds. The van der Waals surface area contributed by atoms with E-state index in [1.165, 1.54) is 212 Å². The van der Waals surface area contributed by atoms with E-state index < -0.39 is 6.10 Å². The predicted octanol–water partition coefficient (Wildman–Crippen LogP) is 18.9. The van der Waals surface area contributed by atoms with Crippen LogP contribution in [-0.4, -0.2) is 37.2 Å². The van der Waals surface area contributed by atoms with Gasteiger partial charge in [0.2, 0.25) is 0 Å². The number of hydrogen-bond donors (Lipinski definition) is 0. The lowest BCUT2D eigenvalue weighted by Gasteiger charge is -2.18. The zero-order valence-corrected chi connectivity index (χ0v) is 43.9. The molecule has 1 unspecified atom stereocenters. The largest absolute Gasteiger partial charge is 0.462 e. The van der Waals surface area contributed by atoms with E-state index in [2.05, 4.69) is 34.6 Å². The number of unbranched alkanes of at least 4 members (excludes halogenated alkanes) is 36. The van der Waals surface area contributed by atoms with Gasteiger partial charge in [-0.3, -0.25) is 14.4 Å². The molecule has 6 heteroatoms. The summed E-state index contributed by atoms with van der Waals surface area (Å²) in [5.74, 6) is 0.856. The molecule has 0 aliphatic carbocycles. The van der Waals surface area contributed by atoms with E-state index in [4.69, 9.17) is 14.2 Å². The standard InChI is InChI=1S/C58H112O6/c1-6-8-9-10-11-12-13-14-17-21-24-27-33-38-43-48-56(59)62-51-55(64-58(61)50-45-40-35-30-29-32-37-42-47-54(5)7-2)52-63-57(60)49-44-39-34-28-25-22-19-16-15-18-20-23-26-31-36-41-46-53(3)4/h53-55H,6-52H2,1-5H3/t54?,55-/m1/s1. The average Bonchev–Trinajstić information content (AvgIpc) is 3.28. The van der Waals surface area contributed by atoms with E-state index in [9.17, 15) is 14.4 Å². The third kappa shape index (κ3) is 49.8. The third-order valence-corrected chi connectivity index (χ3v) is 13.6. The summed E-state index contributed by atoms with van der Waals surface area (Å²) in [6.45, 7) is 11.4. The van der Waals surface area contributed by atoms with Crippen molar-refractivity contribution in [3.63, 3.8) is 0 Å². The van der Waals surface area contributed by atoms with Gasteiger partial charge in [-0.1, -0.05) is 285 Å². The molecule has 380 valence electrons. The maximum absolute atomic E-state index is 12.8. The quantitative estimate of drug-likeness (QED) is 0.0344. The Balaban J connectivity index is 4.26. The molecule has 0 spiro atoms. The van der Waals surface area contributed by atoms with Crippen molar-refractivity contribution in [2.75, 3.05) is 13.2 Å². The molecule has 0 heterocycles. The number of hydrogen-bond acceptors (Lipinski definition) is 6. The predicted molar refractivity (Wildman–Crippen MR) is 275 cm³/mol. The summed E-state index contributed by atoms with van der Waals surface area (Å²) >= 11 is 0. The maximum Gasteiger partial charge on any atom is 0.306 e. The highest BCUT2D eigenvalue weighted by molar-refractivity contribution is 5.71. The van der Waals surface area contributed by atoms with Crippen LogP contribution in [0.1, 0.15) is 324 Å². The van der Waals surface area contributed by atoms with Crippen LogP contribution in [0.4, 0.5) is 0 Å². The number of ether oxygens (including phenoxy) is 3. The second-order valence-corrected chi connectivity index (χ2v) is 20.6. The molecule has 0 N–H and O–H groups in total. The fourth-order valence-corrected chi connectivity index (χ4v) is 8.84. The molecule has 0 radical (unpaired) electrons. The zero-order valence-electron chi connectivity index (χ0n) is 43.9. The lowest BCUT2D eigenvalue weighted by Crippen LogP contribution is -2.30. The SMILES string of the molecule is CCCCCCCCCCCCCCCCCC(=O)OC[C@H](COC(=O)CCCCCCCCCCCCCCCCCCC(C)C)OC(=O)CCCCCCCCCCC(C)CC. The van der Waals surface area contributed by atoms with Gasteiger partial charge in [0, 0.05) is 19.3 Å². The van der Waals surface area contributed by atoms with Gasteiger partial charge in [0.05, 0.1) is 0 Å². The van der Waals surface area contributed by atoms with E-state index >= 15 is 0 Å². The van der Waals surface area contributed by atoms with Gasteiger partial charge in [-0.2, -0.15) is 0 Å². The van der Waals surface area contributed by atoms with Crippen molar-refractivity contribution < 1.29 is 28.6 Å². The fraction of sp³-hybridized carbons (Fsp3) is 0.948. The van der Waals surface area contributed by atoms with E-state index in [-0.39, 0.29) is 31.1 Å². The molecule has 2 atom stereocenters. The Hall–Kier alpha value is -1.59. The van der Waals surface area contributed by atoms with Gasteiger partial charge in [-0.05, 0) is 31.1 Å². The van der Waals surface area contributed by atoms with Crippen LogP contribution in [0.3, 0.4) is 0 Å². The Morgan fingerprint density at radius 3 is 0.891 bits per heavy atom. The molecule has 0 aromatic rings. The minimum atomic E-state index is -0.763. The second kappa shape index (κ2) is 50.8. The minimum Gasteiger partial charge on any atom is -0.462 e. The molecule has 0 rings (SSSR count). The molecule has 64 heavy (non-hydrogen) atoms. The number of carbonyl (C=O) groups excluding carboxylic acids is 3. The molecule has 6 nitrogen and oxygen atoms in total. The molecule has 0 aliphatic heterocycles. The van der Waals surface area contributed by atoms with Gasteiger partial charge in [0.1, 0.15) is 13.2 Å². The van der Waals surface area contributed by atoms with Gasteiger partial charge >= 0.3 is 17.9 Å². The summed E-state index contributed by atoms with van der Waals surface area (Å²) in [4.78, 5) is 38.1. The normalized spacial score (nSPS) is 12.5. The fourth-order valence-electron chi connectivity index (χ4n) is 8.84. The first-order valence-electron chi connectivity index (χ1n) is 28.8. The van der Waals surface area contributed by atoms with Gasteiger partial charge in [-0.25, -0.2) is 0 Å². The highest BCUT2D eigenvalue weighted by atomic mass is 16.6. The van der Waals surface area contributed by atoms with Crippen LogP contribution in [0.2, 0.25) is 0 Å². The lowest BCUT2D eigenvalue weighted by atomic mass is 9.99. The van der Waals surface area contributed by atoms with Crippen molar-refractivity contribution in [1.82, 2.24) is 0 Å². The molecule has 0 aliphatic rings. The summed E-state index contributed by atoms with van der Waals surface area (Å²) in [5.41, 5.74) is 0. The van der Waals surface area contributed by atoms with E-state index in [1.807, 2.05) is 0 Å². The van der Waals surface area contributed by atoms with Gasteiger partial charge in [-0.15, -0.1) is 0 Å². The first kappa shape index (κ1) is 62.4. The Morgan fingerprint density at radius 1 is 0.328 bits per heavy atom. The van der Waals surface area contributed by atoms with Gasteiger partial charge in [0.25, 0.3) is 0 Å². The molecule has 0 aromatic carbocycles.